The van der Waals surface area contributed by atoms with E-state index in [1.54, 1.807) is 0 Å². The fraction of sp³-hybridized carbons (Fsp3) is 0.632. The van der Waals surface area contributed by atoms with Crippen LogP contribution >= 0.6 is 11.3 Å². The molecule has 1 N–H and O–H groups in total. The van der Waals surface area contributed by atoms with E-state index >= 15 is 0 Å². The van der Waals surface area contributed by atoms with Gasteiger partial charge in [-0.1, -0.05) is 19.0 Å². The van der Waals surface area contributed by atoms with E-state index in [1.807, 2.05) is 0 Å². The normalized spacial score (nSPS) is 17.1. The summed E-state index contributed by atoms with van der Waals surface area (Å²) in [6.45, 7) is 7.77. The lowest BCUT2D eigenvalue weighted by molar-refractivity contribution is -0.142. The van der Waals surface area contributed by atoms with Crippen LogP contribution in [0.5, 0.6) is 0 Å². The highest BCUT2D eigenvalue weighted by Gasteiger charge is 2.35. The highest BCUT2D eigenvalue weighted by molar-refractivity contribution is 7.91. The third kappa shape index (κ3) is 6.05. The Kier molecular flexibility index (Phi) is 7.26. The number of alkyl halides is 3. The number of likely N-dealkylation sites (tertiary alicyclic amines) is 1. The maximum absolute atomic E-state index is 12.7. The van der Waals surface area contributed by atoms with Crippen molar-refractivity contribution in [1.29, 1.82) is 0 Å². The highest BCUT2D eigenvalue weighted by atomic mass is 32.2. The number of aromatic nitrogens is 1. The Balaban J connectivity index is 1.54. The summed E-state index contributed by atoms with van der Waals surface area (Å²) in [5.74, 6) is 0.836. The Hall–Kier alpha value is -1.43. The molecule has 1 aliphatic heterocycles. The first-order valence-electron chi connectivity index (χ1n) is 9.91. The molecular formula is C19H26F3N3O3S2. The van der Waals surface area contributed by atoms with Crippen LogP contribution < -0.4 is 4.72 Å². The number of rotatable bonds is 8. The number of halogens is 3. The Morgan fingerprint density at radius 3 is 2.60 bits per heavy atom. The summed E-state index contributed by atoms with van der Waals surface area (Å²) >= 11 is 0.853. The molecule has 0 atom stereocenters. The molecule has 0 aliphatic carbocycles. The molecular weight excluding hydrogens is 439 g/mol. The topological polar surface area (TPSA) is 75.4 Å². The Labute approximate surface area is 178 Å². The number of hydrogen-bond acceptors (Lipinski definition) is 6. The van der Waals surface area contributed by atoms with Gasteiger partial charge in [0, 0.05) is 12.6 Å². The molecule has 3 heterocycles. The third-order valence-corrected chi connectivity index (χ3v) is 8.20. The molecule has 0 spiro atoms. The lowest BCUT2D eigenvalue weighted by atomic mass is 9.96. The van der Waals surface area contributed by atoms with Crippen LogP contribution in [0.2, 0.25) is 0 Å². The first-order valence-corrected chi connectivity index (χ1v) is 12.2. The fourth-order valence-electron chi connectivity index (χ4n) is 3.28. The number of sulfonamides is 1. The SMILES string of the molecule is CC(C)CCN1CCC(CNS(=O)(=O)c2ccc(-c3cc(C(F)(F)F)no3)s2)CC1. The summed E-state index contributed by atoms with van der Waals surface area (Å²) in [5, 5.41) is 3.00. The second kappa shape index (κ2) is 9.37. The first-order chi connectivity index (χ1) is 14.0. The molecule has 0 aromatic carbocycles. The standard InChI is InChI=1S/C19H26F3N3O3S2/c1-13(2)5-8-25-9-6-14(7-10-25)12-23-30(26,27)18-4-3-16(29-18)15-11-17(24-28-15)19(20,21)22/h3-4,11,13-14,23H,5-10,12H2,1-2H3. The molecule has 1 aliphatic rings. The average molecular weight is 466 g/mol. The Morgan fingerprint density at radius 2 is 2.00 bits per heavy atom. The molecule has 0 bridgehead atoms. The van der Waals surface area contributed by atoms with Crippen LogP contribution in [0, 0.1) is 11.8 Å². The minimum atomic E-state index is -4.61. The maximum Gasteiger partial charge on any atom is 0.436 e. The summed E-state index contributed by atoms with van der Waals surface area (Å²) in [7, 11) is -3.73. The van der Waals surface area contributed by atoms with Crippen molar-refractivity contribution in [2.75, 3.05) is 26.2 Å². The van der Waals surface area contributed by atoms with Crippen molar-refractivity contribution in [2.24, 2.45) is 11.8 Å². The largest absolute Gasteiger partial charge is 0.436 e. The predicted molar refractivity (Wildman–Crippen MR) is 109 cm³/mol. The van der Waals surface area contributed by atoms with Gasteiger partial charge >= 0.3 is 6.18 Å². The van der Waals surface area contributed by atoms with Crippen LogP contribution in [-0.4, -0.2) is 44.7 Å². The molecule has 0 amide bonds. The number of hydrogen-bond donors (Lipinski definition) is 1. The van der Waals surface area contributed by atoms with Gasteiger partial charge in [0.05, 0.1) is 4.88 Å². The summed E-state index contributed by atoms with van der Waals surface area (Å²) in [5.41, 5.74) is -1.15. The second-order valence-corrected chi connectivity index (χ2v) is 11.1. The summed E-state index contributed by atoms with van der Waals surface area (Å²) in [4.78, 5) is 2.69. The molecule has 2 aromatic heterocycles. The Bertz CT molecular complexity index is 930. The van der Waals surface area contributed by atoms with E-state index < -0.39 is 21.9 Å². The lowest BCUT2D eigenvalue weighted by Gasteiger charge is -2.32. The second-order valence-electron chi connectivity index (χ2n) is 8.01. The quantitative estimate of drug-likeness (QED) is 0.623. The molecule has 1 saturated heterocycles. The fourth-order valence-corrected chi connectivity index (χ4v) is 5.69. The lowest BCUT2D eigenvalue weighted by Crippen LogP contribution is -2.39. The molecule has 168 valence electrons. The van der Waals surface area contributed by atoms with Crippen LogP contribution in [0.4, 0.5) is 13.2 Å². The van der Waals surface area contributed by atoms with E-state index in [0.29, 0.717) is 12.5 Å². The predicted octanol–water partition coefficient (Wildman–Crippen LogP) is 4.46. The zero-order valence-electron chi connectivity index (χ0n) is 16.9. The maximum atomic E-state index is 12.7. The van der Waals surface area contributed by atoms with Crippen LogP contribution in [-0.2, 0) is 16.2 Å². The van der Waals surface area contributed by atoms with E-state index in [-0.39, 0.29) is 20.8 Å². The van der Waals surface area contributed by atoms with Gasteiger partial charge in [0.15, 0.2) is 11.5 Å². The van der Waals surface area contributed by atoms with Crippen LogP contribution in [0.25, 0.3) is 10.6 Å². The molecule has 0 radical (unpaired) electrons. The zero-order chi connectivity index (χ0) is 21.9. The van der Waals surface area contributed by atoms with E-state index in [0.717, 1.165) is 56.3 Å². The molecule has 2 aromatic rings. The Morgan fingerprint density at radius 1 is 1.30 bits per heavy atom. The van der Waals surface area contributed by atoms with Gasteiger partial charge in [-0.3, -0.25) is 0 Å². The number of piperidine rings is 1. The highest BCUT2D eigenvalue weighted by Crippen LogP contribution is 2.35. The van der Waals surface area contributed by atoms with Crippen molar-refractivity contribution < 1.29 is 26.1 Å². The molecule has 11 heteroatoms. The molecule has 30 heavy (non-hydrogen) atoms. The smallest absolute Gasteiger partial charge is 0.355 e. The minimum Gasteiger partial charge on any atom is -0.355 e. The van der Waals surface area contributed by atoms with Gasteiger partial charge in [-0.2, -0.15) is 13.2 Å². The van der Waals surface area contributed by atoms with Crippen molar-refractivity contribution in [2.45, 2.75) is 43.5 Å². The summed E-state index contributed by atoms with van der Waals surface area (Å²) in [6, 6.07) is 3.56. The van der Waals surface area contributed by atoms with Crippen LogP contribution in [0.3, 0.4) is 0 Å². The van der Waals surface area contributed by atoms with Crippen molar-refractivity contribution in [3.05, 3.63) is 23.9 Å². The first kappa shape index (κ1) is 23.2. The summed E-state index contributed by atoms with van der Waals surface area (Å²) in [6.07, 6.45) is -1.57. The molecule has 3 rings (SSSR count). The van der Waals surface area contributed by atoms with E-state index in [2.05, 4.69) is 28.6 Å². The average Bonchev–Trinajstić information content (AvgIpc) is 3.34. The molecule has 0 unspecified atom stereocenters. The molecule has 1 fully saturated rings. The van der Waals surface area contributed by atoms with Crippen molar-refractivity contribution in [3.63, 3.8) is 0 Å². The van der Waals surface area contributed by atoms with E-state index in [1.165, 1.54) is 12.1 Å². The molecule has 0 saturated carbocycles. The van der Waals surface area contributed by atoms with Crippen LogP contribution in [0.15, 0.2) is 26.9 Å². The minimum absolute atomic E-state index is 0.0387. The van der Waals surface area contributed by atoms with Crippen molar-refractivity contribution >= 4 is 21.4 Å². The van der Waals surface area contributed by atoms with Gasteiger partial charge in [-0.05, 0) is 62.9 Å². The van der Waals surface area contributed by atoms with E-state index in [4.69, 9.17) is 4.52 Å². The zero-order valence-corrected chi connectivity index (χ0v) is 18.5. The number of nitrogens with one attached hydrogen (secondary N) is 1. The van der Waals surface area contributed by atoms with Gasteiger partial charge in [-0.25, -0.2) is 13.1 Å². The van der Waals surface area contributed by atoms with Gasteiger partial charge in [0.2, 0.25) is 10.0 Å². The van der Waals surface area contributed by atoms with Crippen molar-refractivity contribution in [1.82, 2.24) is 14.8 Å². The van der Waals surface area contributed by atoms with Crippen molar-refractivity contribution in [3.8, 4) is 10.6 Å². The van der Waals surface area contributed by atoms with Crippen LogP contribution in [0.1, 0.15) is 38.8 Å². The van der Waals surface area contributed by atoms with Gasteiger partial charge in [-0.15, -0.1) is 11.3 Å². The summed E-state index contributed by atoms with van der Waals surface area (Å²) < 4.78 is 70.6. The molecule has 6 nitrogen and oxygen atoms in total. The van der Waals surface area contributed by atoms with Gasteiger partial charge in [0.1, 0.15) is 4.21 Å². The van der Waals surface area contributed by atoms with Gasteiger partial charge < -0.3 is 9.42 Å². The van der Waals surface area contributed by atoms with Gasteiger partial charge in [0.25, 0.3) is 0 Å². The third-order valence-electron chi connectivity index (χ3n) is 5.18. The monoisotopic (exact) mass is 465 g/mol. The number of nitrogens with zero attached hydrogens (tertiary/aromatic N) is 2. The number of thiophene rings is 1. The van der Waals surface area contributed by atoms with E-state index in [9.17, 15) is 21.6 Å².